The normalized spacial score (nSPS) is 18.9. The van der Waals surface area contributed by atoms with Gasteiger partial charge in [-0.2, -0.15) is 0 Å². The van der Waals surface area contributed by atoms with Crippen molar-refractivity contribution < 1.29 is 5.11 Å². The molecule has 0 atom stereocenters. The Bertz CT molecular complexity index is 342. The second kappa shape index (κ2) is 3.86. The Balaban J connectivity index is 2.30. The summed E-state index contributed by atoms with van der Waals surface area (Å²) in [4.78, 5) is 2.21. The fraction of sp³-hybridized carbons (Fsp3) is 0.538. The maximum Gasteiger partial charge on any atom is 0.119 e. The SMILES string of the molecule is CN(C)CC1(c2ccccc2O)CCC1. The minimum atomic E-state index is 0.203. The van der Waals surface area contributed by atoms with Crippen LogP contribution in [0.2, 0.25) is 0 Å². The zero-order valence-electron chi connectivity index (χ0n) is 9.53. The summed E-state index contributed by atoms with van der Waals surface area (Å²) in [6, 6.07) is 7.77. The van der Waals surface area contributed by atoms with Gasteiger partial charge >= 0.3 is 0 Å². The van der Waals surface area contributed by atoms with Crippen molar-refractivity contribution in [2.45, 2.75) is 24.7 Å². The molecule has 2 heteroatoms. The predicted octanol–water partition coefficient (Wildman–Crippen LogP) is 2.38. The number of phenolic OH excluding ortho intramolecular Hbond substituents is 1. The van der Waals surface area contributed by atoms with Crippen molar-refractivity contribution in [2.75, 3.05) is 20.6 Å². The van der Waals surface area contributed by atoms with E-state index in [1.807, 2.05) is 12.1 Å². The third-order valence-electron chi connectivity index (χ3n) is 3.40. The molecule has 1 fully saturated rings. The van der Waals surface area contributed by atoms with Crippen LogP contribution >= 0.6 is 0 Å². The number of hydrogen-bond donors (Lipinski definition) is 1. The van der Waals surface area contributed by atoms with Crippen molar-refractivity contribution in [3.63, 3.8) is 0 Å². The van der Waals surface area contributed by atoms with Gasteiger partial charge in [0, 0.05) is 17.5 Å². The summed E-state index contributed by atoms with van der Waals surface area (Å²) >= 11 is 0. The summed E-state index contributed by atoms with van der Waals surface area (Å²) < 4.78 is 0. The van der Waals surface area contributed by atoms with Gasteiger partial charge in [-0.15, -0.1) is 0 Å². The van der Waals surface area contributed by atoms with E-state index in [-0.39, 0.29) is 5.41 Å². The van der Waals surface area contributed by atoms with Crippen LogP contribution < -0.4 is 0 Å². The zero-order valence-corrected chi connectivity index (χ0v) is 9.53. The molecule has 1 aliphatic carbocycles. The Morgan fingerprint density at radius 1 is 1.27 bits per heavy atom. The summed E-state index contributed by atoms with van der Waals surface area (Å²) in [6.45, 7) is 1.03. The Morgan fingerprint density at radius 3 is 2.40 bits per heavy atom. The average molecular weight is 205 g/mol. The smallest absolute Gasteiger partial charge is 0.119 e. The molecule has 1 aromatic carbocycles. The maximum atomic E-state index is 9.91. The molecule has 0 saturated heterocycles. The minimum Gasteiger partial charge on any atom is -0.508 e. The van der Waals surface area contributed by atoms with Crippen molar-refractivity contribution in [1.82, 2.24) is 4.90 Å². The van der Waals surface area contributed by atoms with Crippen LogP contribution in [0.5, 0.6) is 5.75 Å². The van der Waals surface area contributed by atoms with Crippen LogP contribution in [-0.2, 0) is 5.41 Å². The number of benzene rings is 1. The Labute approximate surface area is 91.5 Å². The molecule has 0 radical (unpaired) electrons. The first-order valence-corrected chi connectivity index (χ1v) is 5.57. The molecule has 0 unspecified atom stereocenters. The third kappa shape index (κ3) is 1.86. The van der Waals surface area contributed by atoms with E-state index in [1.54, 1.807) is 6.07 Å². The van der Waals surface area contributed by atoms with E-state index in [0.29, 0.717) is 5.75 Å². The van der Waals surface area contributed by atoms with Crippen LogP contribution in [0, 0.1) is 0 Å². The van der Waals surface area contributed by atoms with Gasteiger partial charge in [-0.1, -0.05) is 24.6 Å². The number of para-hydroxylation sites is 1. The fourth-order valence-corrected chi connectivity index (χ4v) is 2.64. The van der Waals surface area contributed by atoms with E-state index < -0.39 is 0 Å². The van der Waals surface area contributed by atoms with E-state index >= 15 is 0 Å². The Hall–Kier alpha value is -1.02. The molecule has 1 saturated carbocycles. The summed E-state index contributed by atoms with van der Waals surface area (Å²) in [5.41, 5.74) is 1.33. The van der Waals surface area contributed by atoms with Gasteiger partial charge in [0.05, 0.1) is 0 Å². The van der Waals surface area contributed by atoms with Crippen LogP contribution in [0.25, 0.3) is 0 Å². The topological polar surface area (TPSA) is 23.5 Å². The molecule has 2 rings (SSSR count). The van der Waals surface area contributed by atoms with Crippen LogP contribution in [0.1, 0.15) is 24.8 Å². The predicted molar refractivity (Wildman–Crippen MR) is 62.2 cm³/mol. The van der Waals surface area contributed by atoms with E-state index in [9.17, 15) is 5.11 Å². The summed E-state index contributed by atoms with van der Waals surface area (Å²) in [7, 11) is 4.19. The first-order chi connectivity index (χ1) is 7.14. The lowest BCUT2D eigenvalue weighted by molar-refractivity contribution is 0.173. The summed E-state index contributed by atoms with van der Waals surface area (Å²) in [5, 5.41) is 9.91. The summed E-state index contributed by atoms with van der Waals surface area (Å²) in [5.74, 6) is 0.457. The van der Waals surface area contributed by atoms with Gasteiger partial charge in [0.1, 0.15) is 5.75 Å². The maximum absolute atomic E-state index is 9.91. The van der Waals surface area contributed by atoms with E-state index in [0.717, 1.165) is 12.1 Å². The van der Waals surface area contributed by atoms with Crippen molar-refractivity contribution in [1.29, 1.82) is 0 Å². The summed E-state index contributed by atoms with van der Waals surface area (Å²) in [6.07, 6.45) is 3.67. The molecule has 0 amide bonds. The van der Waals surface area contributed by atoms with E-state index in [1.165, 1.54) is 19.3 Å². The number of phenols is 1. The quantitative estimate of drug-likeness (QED) is 0.819. The van der Waals surface area contributed by atoms with Gasteiger partial charge in [0.25, 0.3) is 0 Å². The standard InChI is InChI=1S/C13H19NO/c1-14(2)10-13(8-5-9-13)11-6-3-4-7-12(11)15/h3-4,6-7,15H,5,8-10H2,1-2H3. The lowest BCUT2D eigenvalue weighted by atomic mass is 9.64. The van der Waals surface area contributed by atoms with Crippen molar-refractivity contribution in [3.8, 4) is 5.75 Å². The second-order valence-corrected chi connectivity index (χ2v) is 4.89. The second-order valence-electron chi connectivity index (χ2n) is 4.89. The number of hydrogen-bond acceptors (Lipinski definition) is 2. The third-order valence-corrected chi connectivity index (χ3v) is 3.40. The zero-order chi connectivity index (χ0) is 10.9. The van der Waals surface area contributed by atoms with Crippen molar-refractivity contribution in [3.05, 3.63) is 29.8 Å². The lowest BCUT2D eigenvalue weighted by Gasteiger charge is -2.44. The van der Waals surface area contributed by atoms with Crippen LogP contribution in [-0.4, -0.2) is 30.6 Å². The number of nitrogens with zero attached hydrogens (tertiary/aromatic N) is 1. The lowest BCUT2D eigenvalue weighted by Crippen LogP contribution is -2.43. The molecular weight excluding hydrogens is 186 g/mol. The highest BCUT2D eigenvalue weighted by molar-refractivity contribution is 5.40. The molecule has 0 spiro atoms. The van der Waals surface area contributed by atoms with E-state index in [2.05, 4.69) is 25.1 Å². The molecule has 0 bridgehead atoms. The molecule has 0 heterocycles. The minimum absolute atomic E-state index is 0.203. The van der Waals surface area contributed by atoms with Crippen molar-refractivity contribution in [2.24, 2.45) is 0 Å². The van der Waals surface area contributed by atoms with Crippen LogP contribution in [0.4, 0.5) is 0 Å². The fourth-order valence-electron chi connectivity index (χ4n) is 2.64. The van der Waals surface area contributed by atoms with Gasteiger partial charge in [-0.3, -0.25) is 0 Å². The molecule has 82 valence electrons. The molecule has 2 nitrogen and oxygen atoms in total. The molecule has 1 N–H and O–H groups in total. The first-order valence-electron chi connectivity index (χ1n) is 5.57. The van der Waals surface area contributed by atoms with Gasteiger partial charge in [-0.05, 0) is 33.0 Å². The van der Waals surface area contributed by atoms with Gasteiger partial charge in [-0.25, -0.2) is 0 Å². The van der Waals surface area contributed by atoms with Crippen molar-refractivity contribution >= 4 is 0 Å². The first kappa shape index (κ1) is 10.5. The monoisotopic (exact) mass is 205 g/mol. The Morgan fingerprint density at radius 2 is 1.93 bits per heavy atom. The molecule has 0 aliphatic heterocycles. The highest BCUT2D eigenvalue weighted by Gasteiger charge is 2.40. The van der Waals surface area contributed by atoms with E-state index in [4.69, 9.17) is 0 Å². The number of aromatic hydroxyl groups is 1. The van der Waals surface area contributed by atoms with Gasteiger partial charge in [0.15, 0.2) is 0 Å². The molecule has 0 aromatic heterocycles. The number of rotatable bonds is 3. The molecule has 1 aromatic rings. The van der Waals surface area contributed by atoms with Crippen LogP contribution in [0.3, 0.4) is 0 Å². The Kier molecular flexibility index (Phi) is 2.70. The van der Waals surface area contributed by atoms with Crippen LogP contribution in [0.15, 0.2) is 24.3 Å². The average Bonchev–Trinajstić information content (AvgIpc) is 2.12. The highest BCUT2D eigenvalue weighted by Crippen LogP contribution is 2.46. The molecular formula is C13H19NO. The molecule has 1 aliphatic rings. The number of likely N-dealkylation sites (N-methyl/N-ethyl adjacent to an activating group) is 1. The van der Waals surface area contributed by atoms with Gasteiger partial charge in [0.2, 0.25) is 0 Å². The highest BCUT2D eigenvalue weighted by atomic mass is 16.3. The molecule has 15 heavy (non-hydrogen) atoms. The largest absolute Gasteiger partial charge is 0.508 e. The van der Waals surface area contributed by atoms with Gasteiger partial charge < -0.3 is 10.0 Å².